The minimum atomic E-state index is -0.346. The maximum Gasteiger partial charge on any atom is 0.246 e. The Morgan fingerprint density at radius 3 is 2.30 bits per heavy atom. The summed E-state index contributed by atoms with van der Waals surface area (Å²) in [5.41, 5.74) is 2.12. The number of aromatic nitrogens is 2. The first-order chi connectivity index (χ1) is 12.6. The predicted octanol–water partition coefficient (Wildman–Crippen LogP) is 3.44. The van der Waals surface area contributed by atoms with Crippen molar-refractivity contribution in [2.45, 2.75) is 66.2 Å². The van der Waals surface area contributed by atoms with Gasteiger partial charge in [-0.2, -0.15) is 0 Å². The van der Waals surface area contributed by atoms with Crippen molar-refractivity contribution in [3.63, 3.8) is 0 Å². The molecule has 1 aromatic heterocycles. The molecule has 1 atom stereocenters. The third-order valence-electron chi connectivity index (χ3n) is 4.50. The largest absolute Gasteiger partial charge is 0.343 e. The van der Waals surface area contributed by atoms with Gasteiger partial charge in [0.15, 0.2) is 0 Å². The van der Waals surface area contributed by atoms with Gasteiger partial charge in [-0.3, -0.25) is 9.59 Å². The van der Waals surface area contributed by atoms with E-state index in [-0.39, 0.29) is 36.5 Å². The molecular formula is C21H30N4O2. The lowest BCUT2D eigenvalue weighted by molar-refractivity contribution is -0.135. The lowest BCUT2D eigenvalue weighted by atomic mass is 10.2. The highest BCUT2D eigenvalue weighted by Gasteiger charge is 2.24. The molecule has 1 N–H and O–H groups in total. The Hall–Kier alpha value is -2.63. The van der Waals surface area contributed by atoms with E-state index in [0.717, 1.165) is 11.0 Å². The van der Waals surface area contributed by atoms with E-state index in [1.165, 1.54) is 0 Å². The average molecular weight is 370 g/mol. The second kappa shape index (κ2) is 8.37. The van der Waals surface area contributed by atoms with E-state index < -0.39 is 0 Å². The lowest BCUT2D eigenvalue weighted by Gasteiger charge is -2.31. The molecule has 2 rings (SSSR count). The standard InChI is InChI=1S/C21H30N4O2/c1-13(2)21(27)22-16(7)20-23-17-10-8-9-11-18(17)24(20)12-19(26)25(14(3)4)15(5)6/h8-11,14-16H,1,12H2,2-7H3,(H,22,27). The van der Waals surface area contributed by atoms with Crippen LogP contribution in [0.1, 0.15) is 53.4 Å². The van der Waals surface area contributed by atoms with Crippen LogP contribution < -0.4 is 5.32 Å². The molecule has 0 saturated heterocycles. The van der Waals surface area contributed by atoms with Crippen LogP contribution in [0.3, 0.4) is 0 Å². The molecule has 0 spiro atoms. The molecule has 2 amide bonds. The van der Waals surface area contributed by atoms with Gasteiger partial charge in [-0.05, 0) is 53.7 Å². The van der Waals surface area contributed by atoms with E-state index in [9.17, 15) is 9.59 Å². The van der Waals surface area contributed by atoms with Gasteiger partial charge in [-0.25, -0.2) is 4.98 Å². The Kier molecular flexibility index (Phi) is 6.41. The van der Waals surface area contributed by atoms with Crippen LogP contribution >= 0.6 is 0 Å². The zero-order chi connectivity index (χ0) is 20.3. The summed E-state index contributed by atoms with van der Waals surface area (Å²) < 4.78 is 1.90. The van der Waals surface area contributed by atoms with E-state index in [1.807, 2.05) is 68.4 Å². The fraction of sp³-hybridized carbons (Fsp3) is 0.476. The first-order valence-electron chi connectivity index (χ1n) is 9.36. The molecule has 0 aliphatic rings. The van der Waals surface area contributed by atoms with Crippen LogP contribution in [-0.4, -0.2) is 38.3 Å². The maximum absolute atomic E-state index is 13.0. The van der Waals surface area contributed by atoms with Gasteiger partial charge in [0.05, 0.1) is 17.1 Å². The third-order valence-corrected chi connectivity index (χ3v) is 4.50. The molecule has 0 fully saturated rings. The van der Waals surface area contributed by atoms with Crippen molar-refractivity contribution >= 4 is 22.8 Å². The summed E-state index contributed by atoms with van der Waals surface area (Å²) in [5, 5.41) is 2.90. The van der Waals surface area contributed by atoms with Crippen molar-refractivity contribution in [3.05, 3.63) is 42.2 Å². The number of amides is 2. The van der Waals surface area contributed by atoms with E-state index in [1.54, 1.807) is 6.92 Å². The first-order valence-corrected chi connectivity index (χ1v) is 9.36. The monoisotopic (exact) mass is 370 g/mol. The van der Waals surface area contributed by atoms with Crippen LogP contribution in [0.4, 0.5) is 0 Å². The molecule has 0 radical (unpaired) electrons. The summed E-state index contributed by atoms with van der Waals surface area (Å²) >= 11 is 0. The highest BCUT2D eigenvalue weighted by molar-refractivity contribution is 5.92. The highest BCUT2D eigenvalue weighted by Crippen LogP contribution is 2.22. The fourth-order valence-corrected chi connectivity index (χ4v) is 3.36. The molecule has 6 nitrogen and oxygen atoms in total. The molecule has 0 bridgehead atoms. The number of hydrogen-bond donors (Lipinski definition) is 1. The second-order valence-corrected chi connectivity index (χ2v) is 7.51. The number of rotatable bonds is 7. The molecule has 0 aliphatic carbocycles. The van der Waals surface area contributed by atoms with E-state index in [0.29, 0.717) is 11.4 Å². The second-order valence-electron chi connectivity index (χ2n) is 7.51. The quantitative estimate of drug-likeness (QED) is 0.759. The summed E-state index contributed by atoms with van der Waals surface area (Å²) in [6, 6.07) is 7.57. The molecule has 146 valence electrons. The van der Waals surface area contributed by atoms with Gasteiger partial charge in [0.2, 0.25) is 11.8 Å². The van der Waals surface area contributed by atoms with Crippen LogP contribution in [0.5, 0.6) is 0 Å². The van der Waals surface area contributed by atoms with E-state index in [2.05, 4.69) is 16.9 Å². The number of nitrogens with one attached hydrogen (secondary N) is 1. The van der Waals surface area contributed by atoms with Crippen molar-refractivity contribution < 1.29 is 9.59 Å². The zero-order valence-electron chi connectivity index (χ0n) is 17.1. The van der Waals surface area contributed by atoms with Gasteiger partial charge in [-0.15, -0.1) is 0 Å². The van der Waals surface area contributed by atoms with Crippen LogP contribution in [0.15, 0.2) is 36.4 Å². The molecule has 6 heteroatoms. The van der Waals surface area contributed by atoms with Gasteiger partial charge in [0, 0.05) is 17.7 Å². The Balaban J connectivity index is 2.43. The van der Waals surface area contributed by atoms with Crippen molar-refractivity contribution in [3.8, 4) is 0 Å². The molecule has 0 saturated carbocycles. The van der Waals surface area contributed by atoms with Gasteiger partial charge in [-0.1, -0.05) is 18.7 Å². The number of nitrogens with zero attached hydrogens (tertiary/aromatic N) is 3. The normalized spacial score (nSPS) is 12.4. The topological polar surface area (TPSA) is 67.2 Å². The van der Waals surface area contributed by atoms with Crippen LogP contribution in [0, 0.1) is 0 Å². The van der Waals surface area contributed by atoms with Crippen molar-refractivity contribution in [1.29, 1.82) is 0 Å². The Bertz CT molecular complexity index is 843. The first kappa shape index (κ1) is 20.7. The molecule has 2 aromatic rings. The predicted molar refractivity (Wildman–Crippen MR) is 108 cm³/mol. The zero-order valence-corrected chi connectivity index (χ0v) is 17.1. The van der Waals surface area contributed by atoms with Crippen LogP contribution in [0.2, 0.25) is 0 Å². The van der Waals surface area contributed by atoms with Crippen LogP contribution in [0.25, 0.3) is 11.0 Å². The number of fused-ring (bicyclic) bond motifs is 1. The molecule has 1 aromatic carbocycles. The highest BCUT2D eigenvalue weighted by atomic mass is 16.2. The summed E-state index contributed by atoms with van der Waals surface area (Å²) in [6.45, 7) is 15.4. The Morgan fingerprint density at radius 2 is 1.74 bits per heavy atom. The minimum absolute atomic E-state index is 0.0304. The van der Waals surface area contributed by atoms with Gasteiger partial charge in [0.25, 0.3) is 0 Å². The smallest absolute Gasteiger partial charge is 0.246 e. The number of hydrogen-bond acceptors (Lipinski definition) is 3. The number of benzene rings is 1. The van der Waals surface area contributed by atoms with Crippen molar-refractivity contribution in [2.24, 2.45) is 0 Å². The number of para-hydroxylation sites is 2. The number of carbonyl (C=O) groups excluding carboxylic acids is 2. The summed E-state index contributed by atoms with van der Waals surface area (Å²) in [6.07, 6.45) is 0. The SMILES string of the molecule is C=C(C)C(=O)NC(C)c1nc2ccccc2n1CC(=O)N(C(C)C)C(C)C. The number of imidazole rings is 1. The Morgan fingerprint density at radius 1 is 1.15 bits per heavy atom. The van der Waals surface area contributed by atoms with E-state index >= 15 is 0 Å². The van der Waals surface area contributed by atoms with Gasteiger partial charge < -0.3 is 14.8 Å². The van der Waals surface area contributed by atoms with Crippen LogP contribution in [-0.2, 0) is 16.1 Å². The molecule has 1 heterocycles. The molecule has 27 heavy (non-hydrogen) atoms. The van der Waals surface area contributed by atoms with Crippen molar-refractivity contribution in [1.82, 2.24) is 19.8 Å². The minimum Gasteiger partial charge on any atom is -0.343 e. The summed E-state index contributed by atoms with van der Waals surface area (Å²) in [4.78, 5) is 31.6. The summed E-state index contributed by atoms with van der Waals surface area (Å²) in [7, 11) is 0. The van der Waals surface area contributed by atoms with Gasteiger partial charge in [0.1, 0.15) is 12.4 Å². The van der Waals surface area contributed by atoms with Gasteiger partial charge >= 0.3 is 0 Å². The third kappa shape index (κ3) is 4.56. The average Bonchev–Trinajstić information content (AvgIpc) is 2.92. The van der Waals surface area contributed by atoms with E-state index in [4.69, 9.17) is 0 Å². The molecule has 0 aliphatic heterocycles. The Labute approximate surface area is 161 Å². The number of carbonyl (C=O) groups is 2. The molecule has 1 unspecified atom stereocenters. The lowest BCUT2D eigenvalue weighted by Crippen LogP contribution is -2.44. The molecular weight excluding hydrogens is 340 g/mol. The fourth-order valence-electron chi connectivity index (χ4n) is 3.36. The summed E-state index contributed by atoms with van der Waals surface area (Å²) in [5.74, 6) is 0.466. The van der Waals surface area contributed by atoms with Crippen molar-refractivity contribution in [2.75, 3.05) is 0 Å². The maximum atomic E-state index is 13.0.